The number of fused-ring (bicyclic) bond motifs is 1. The fourth-order valence-electron chi connectivity index (χ4n) is 1.79. The fraction of sp³-hybridized carbons (Fsp3) is 0.333. The van der Waals surface area contributed by atoms with Crippen LogP contribution in [0.1, 0.15) is 0 Å². The molecule has 2 aromatic rings. The second-order valence-electron chi connectivity index (χ2n) is 3.58. The molecule has 0 aromatic carbocycles. The van der Waals surface area contributed by atoms with Crippen molar-refractivity contribution in [2.75, 3.05) is 24.5 Å². The molecule has 0 aliphatic carbocycles. The first-order valence-electron chi connectivity index (χ1n) is 5.00. The molecule has 0 atom stereocenters. The number of carbonyl (C=O) groups is 1. The molecule has 1 aliphatic rings. The van der Waals surface area contributed by atoms with Crippen LogP contribution in [0.4, 0.5) is 5.82 Å². The molecule has 1 N–H and O–H groups in total. The molecule has 1 aliphatic heterocycles. The van der Waals surface area contributed by atoms with E-state index in [1.165, 1.54) is 0 Å². The van der Waals surface area contributed by atoms with Crippen molar-refractivity contribution in [1.29, 1.82) is 0 Å². The summed E-state index contributed by atoms with van der Waals surface area (Å²) in [6, 6.07) is 0. The number of carbonyl (C=O) groups excluding carboxylic acids is 1. The van der Waals surface area contributed by atoms with Crippen LogP contribution in [-0.4, -0.2) is 45.1 Å². The van der Waals surface area contributed by atoms with Crippen molar-refractivity contribution >= 4 is 17.4 Å². The Labute approximate surface area is 91.1 Å². The molecule has 16 heavy (non-hydrogen) atoms. The third kappa shape index (κ3) is 1.37. The molecule has 1 fully saturated rings. The van der Waals surface area contributed by atoms with Gasteiger partial charge in [-0.05, 0) is 0 Å². The Hall–Kier alpha value is -2.18. The van der Waals surface area contributed by atoms with Crippen LogP contribution in [0, 0.1) is 0 Å². The first-order valence-corrected chi connectivity index (χ1v) is 5.00. The molecule has 82 valence electrons. The smallest absolute Gasteiger partial charge is 0.239 e. The summed E-state index contributed by atoms with van der Waals surface area (Å²) in [5, 5.41) is 10.6. The average Bonchev–Trinajstić information content (AvgIpc) is 2.76. The van der Waals surface area contributed by atoms with Crippen LogP contribution >= 0.6 is 0 Å². The lowest BCUT2D eigenvalue weighted by Crippen LogP contribution is -2.48. The van der Waals surface area contributed by atoms with E-state index in [0.29, 0.717) is 24.6 Å². The maximum Gasteiger partial charge on any atom is 0.239 e. The van der Waals surface area contributed by atoms with Crippen LogP contribution in [0.5, 0.6) is 0 Å². The lowest BCUT2D eigenvalue weighted by molar-refractivity contribution is -0.120. The SMILES string of the molecule is O=C1CN(c2nccn3cnnc23)CCN1. The van der Waals surface area contributed by atoms with Gasteiger partial charge in [-0.15, -0.1) is 10.2 Å². The van der Waals surface area contributed by atoms with E-state index in [4.69, 9.17) is 0 Å². The van der Waals surface area contributed by atoms with Gasteiger partial charge in [-0.25, -0.2) is 4.98 Å². The van der Waals surface area contributed by atoms with Gasteiger partial charge in [0.05, 0.1) is 6.54 Å². The summed E-state index contributed by atoms with van der Waals surface area (Å²) in [5.41, 5.74) is 0.678. The van der Waals surface area contributed by atoms with E-state index >= 15 is 0 Å². The van der Waals surface area contributed by atoms with Crippen LogP contribution in [0.15, 0.2) is 18.7 Å². The highest BCUT2D eigenvalue weighted by Crippen LogP contribution is 2.16. The quantitative estimate of drug-likeness (QED) is 0.668. The molecule has 7 heteroatoms. The van der Waals surface area contributed by atoms with Gasteiger partial charge in [0.2, 0.25) is 11.6 Å². The van der Waals surface area contributed by atoms with E-state index in [0.717, 1.165) is 6.54 Å². The number of rotatable bonds is 1. The minimum absolute atomic E-state index is 0.00886. The monoisotopic (exact) mass is 218 g/mol. The average molecular weight is 218 g/mol. The maximum atomic E-state index is 11.3. The van der Waals surface area contributed by atoms with Crippen molar-refractivity contribution < 1.29 is 4.79 Å². The van der Waals surface area contributed by atoms with Crippen molar-refractivity contribution in [3.8, 4) is 0 Å². The summed E-state index contributed by atoms with van der Waals surface area (Å²) in [6.45, 7) is 1.69. The molecule has 2 aromatic heterocycles. The fourth-order valence-corrected chi connectivity index (χ4v) is 1.79. The highest BCUT2D eigenvalue weighted by Gasteiger charge is 2.20. The summed E-state index contributed by atoms with van der Waals surface area (Å²) in [5.74, 6) is 0.712. The molecule has 0 spiro atoms. The summed E-state index contributed by atoms with van der Waals surface area (Å²) in [7, 11) is 0. The topological polar surface area (TPSA) is 75.4 Å². The molecule has 1 saturated heterocycles. The minimum atomic E-state index is 0.00886. The van der Waals surface area contributed by atoms with Crippen molar-refractivity contribution in [3.05, 3.63) is 18.7 Å². The third-order valence-corrected chi connectivity index (χ3v) is 2.54. The second-order valence-corrected chi connectivity index (χ2v) is 3.58. The first-order chi connectivity index (χ1) is 7.84. The minimum Gasteiger partial charge on any atom is -0.353 e. The number of anilines is 1. The predicted octanol–water partition coefficient (Wildman–Crippen LogP) is -0.940. The van der Waals surface area contributed by atoms with Crippen molar-refractivity contribution in [2.45, 2.75) is 0 Å². The van der Waals surface area contributed by atoms with E-state index in [-0.39, 0.29) is 5.91 Å². The number of hydrogen-bond donors (Lipinski definition) is 1. The van der Waals surface area contributed by atoms with Gasteiger partial charge in [0, 0.05) is 25.5 Å². The molecule has 0 unspecified atom stereocenters. The Kier molecular flexibility index (Phi) is 1.95. The molecule has 7 nitrogen and oxygen atoms in total. The number of hydrogen-bond acceptors (Lipinski definition) is 5. The molecular weight excluding hydrogens is 208 g/mol. The molecule has 0 bridgehead atoms. The number of aromatic nitrogens is 4. The second kappa shape index (κ2) is 3.44. The van der Waals surface area contributed by atoms with Gasteiger partial charge in [0.1, 0.15) is 6.33 Å². The molecular formula is C9H10N6O. The first kappa shape index (κ1) is 9.08. The molecule has 3 heterocycles. The zero-order chi connectivity index (χ0) is 11.0. The molecule has 0 saturated carbocycles. The number of piperazine rings is 1. The highest BCUT2D eigenvalue weighted by atomic mass is 16.2. The van der Waals surface area contributed by atoms with Gasteiger partial charge in [-0.2, -0.15) is 0 Å². The molecule has 0 radical (unpaired) electrons. The molecule has 3 rings (SSSR count). The van der Waals surface area contributed by atoms with Gasteiger partial charge in [0.25, 0.3) is 0 Å². The number of nitrogens with one attached hydrogen (secondary N) is 1. The van der Waals surface area contributed by atoms with Gasteiger partial charge in [0.15, 0.2) is 5.82 Å². The normalized spacial score (nSPS) is 16.5. The van der Waals surface area contributed by atoms with E-state index in [1.807, 2.05) is 4.90 Å². The lowest BCUT2D eigenvalue weighted by Gasteiger charge is -2.27. The van der Waals surface area contributed by atoms with Crippen LogP contribution in [0.25, 0.3) is 5.65 Å². The number of amides is 1. The summed E-state index contributed by atoms with van der Waals surface area (Å²) < 4.78 is 1.79. The van der Waals surface area contributed by atoms with Crippen LogP contribution in [-0.2, 0) is 4.79 Å². The largest absolute Gasteiger partial charge is 0.353 e. The van der Waals surface area contributed by atoms with E-state index < -0.39 is 0 Å². The van der Waals surface area contributed by atoms with Crippen molar-refractivity contribution in [3.63, 3.8) is 0 Å². The summed E-state index contributed by atoms with van der Waals surface area (Å²) >= 11 is 0. The van der Waals surface area contributed by atoms with Gasteiger partial charge < -0.3 is 10.2 Å². The Bertz CT molecular complexity index is 536. The Morgan fingerprint density at radius 1 is 1.44 bits per heavy atom. The number of nitrogens with zero attached hydrogens (tertiary/aromatic N) is 5. The van der Waals surface area contributed by atoms with E-state index in [2.05, 4.69) is 20.5 Å². The van der Waals surface area contributed by atoms with Crippen LogP contribution in [0.2, 0.25) is 0 Å². The summed E-state index contributed by atoms with van der Waals surface area (Å²) in [4.78, 5) is 17.5. The van der Waals surface area contributed by atoms with Crippen molar-refractivity contribution in [1.82, 2.24) is 24.9 Å². The zero-order valence-corrected chi connectivity index (χ0v) is 8.50. The Morgan fingerprint density at radius 2 is 2.38 bits per heavy atom. The Morgan fingerprint density at radius 3 is 3.25 bits per heavy atom. The lowest BCUT2D eigenvalue weighted by atomic mass is 10.3. The standard InChI is InChI=1S/C9H10N6O/c16-7-5-14(3-1-10-7)8-9-13-12-6-15(9)4-2-11-8/h2,4,6H,1,3,5H2,(H,10,16). The van der Waals surface area contributed by atoms with Gasteiger partial charge in [-0.1, -0.05) is 0 Å². The van der Waals surface area contributed by atoms with E-state index in [9.17, 15) is 4.79 Å². The Balaban J connectivity index is 2.04. The highest BCUT2D eigenvalue weighted by molar-refractivity contribution is 5.83. The van der Waals surface area contributed by atoms with Crippen LogP contribution < -0.4 is 10.2 Å². The van der Waals surface area contributed by atoms with Crippen molar-refractivity contribution in [2.24, 2.45) is 0 Å². The van der Waals surface area contributed by atoms with Gasteiger partial charge in [-0.3, -0.25) is 9.20 Å². The maximum absolute atomic E-state index is 11.3. The zero-order valence-electron chi connectivity index (χ0n) is 8.50. The van der Waals surface area contributed by atoms with E-state index in [1.54, 1.807) is 23.1 Å². The third-order valence-electron chi connectivity index (χ3n) is 2.54. The van der Waals surface area contributed by atoms with Crippen LogP contribution in [0.3, 0.4) is 0 Å². The molecule has 1 amide bonds. The predicted molar refractivity (Wildman–Crippen MR) is 56.0 cm³/mol. The van der Waals surface area contributed by atoms with Gasteiger partial charge >= 0.3 is 0 Å². The summed E-state index contributed by atoms with van der Waals surface area (Å²) in [6.07, 6.45) is 5.07.